The van der Waals surface area contributed by atoms with Crippen molar-refractivity contribution in [1.29, 1.82) is 0 Å². The van der Waals surface area contributed by atoms with Gasteiger partial charge in [0.15, 0.2) is 0 Å². The van der Waals surface area contributed by atoms with E-state index >= 15 is 0 Å². The molecule has 2 aromatic rings. The second-order valence-corrected chi connectivity index (χ2v) is 5.21. The van der Waals surface area contributed by atoms with Gasteiger partial charge in [-0.05, 0) is 32.9 Å². The molecule has 24 heavy (non-hydrogen) atoms. The molecule has 8 heteroatoms. The van der Waals surface area contributed by atoms with Crippen LogP contribution in [0, 0.1) is 13.8 Å². The summed E-state index contributed by atoms with van der Waals surface area (Å²) in [6.45, 7) is 6.41. The third kappa shape index (κ3) is 4.55. The summed E-state index contributed by atoms with van der Waals surface area (Å²) in [5.74, 6) is -0.213. The van der Waals surface area contributed by atoms with E-state index in [9.17, 15) is 9.59 Å². The number of nitrogens with zero attached hydrogens (tertiary/aromatic N) is 2. The normalized spacial score (nSPS) is 10.3. The van der Waals surface area contributed by atoms with Crippen molar-refractivity contribution >= 4 is 12.0 Å². The SMILES string of the molecule is CCOC(=O)NCc1cc(C(=O)NCc2c(C)n[nH]c2C)ccn1. The lowest BCUT2D eigenvalue weighted by Crippen LogP contribution is -2.25. The number of aryl methyl sites for hydroxylation is 2. The number of aromatic nitrogens is 3. The Bertz CT molecular complexity index is 707. The Morgan fingerprint density at radius 2 is 2.04 bits per heavy atom. The predicted octanol–water partition coefficient (Wildman–Crippen LogP) is 1.60. The van der Waals surface area contributed by atoms with Gasteiger partial charge < -0.3 is 15.4 Å². The molecule has 0 aliphatic carbocycles. The molecule has 0 aliphatic rings. The molecule has 0 unspecified atom stereocenters. The molecule has 0 saturated carbocycles. The molecule has 0 bridgehead atoms. The molecule has 2 heterocycles. The topological polar surface area (TPSA) is 109 Å². The van der Waals surface area contributed by atoms with Crippen LogP contribution in [-0.2, 0) is 17.8 Å². The lowest BCUT2D eigenvalue weighted by Gasteiger charge is -2.08. The van der Waals surface area contributed by atoms with Gasteiger partial charge in [-0.3, -0.25) is 14.9 Å². The van der Waals surface area contributed by atoms with Crippen LogP contribution in [0.5, 0.6) is 0 Å². The average Bonchev–Trinajstić information content (AvgIpc) is 2.89. The van der Waals surface area contributed by atoms with E-state index in [1.807, 2.05) is 13.8 Å². The summed E-state index contributed by atoms with van der Waals surface area (Å²) < 4.78 is 4.78. The Morgan fingerprint density at radius 1 is 1.25 bits per heavy atom. The lowest BCUT2D eigenvalue weighted by molar-refractivity contribution is 0.0950. The zero-order valence-electron chi connectivity index (χ0n) is 14.0. The van der Waals surface area contributed by atoms with Crippen LogP contribution in [0.15, 0.2) is 18.3 Å². The Balaban J connectivity index is 1.95. The van der Waals surface area contributed by atoms with Crippen molar-refractivity contribution in [1.82, 2.24) is 25.8 Å². The number of ether oxygens (including phenoxy) is 1. The molecular weight excluding hydrogens is 310 g/mol. The van der Waals surface area contributed by atoms with Gasteiger partial charge in [-0.1, -0.05) is 0 Å². The van der Waals surface area contributed by atoms with Crippen molar-refractivity contribution in [2.75, 3.05) is 6.61 Å². The molecule has 8 nitrogen and oxygen atoms in total. The second-order valence-electron chi connectivity index (χ2n) is 5.21. The minimum atomic E-state index is -0.514. The highest BCUT2D eigenvalue weighted by Crippen LogP contribution is 2.09. The van der Waals surface area contributed by atoms with Crippen LogP contribution < -0.4 is 10.6 Å². The van der Waals surface area contributed by atoms with Gasteiger partial charge in [-0.2, -0.15) is 5.10 Å². The third-order valence-corrected chi connectivity index (χ3v) is 3.47. The van der Waals surface area contributed by atoms with Crippen LogP contribution >= 0.6 is 0 Å². The van der Waals surface area contributed by atoms with Gasteiger partial charge in [0, 0.05) is 29.6 Å². The fourth-order valence-corrected chi connectivity index (χ4v) is 2.17. The molecule has 2 aromatic heterocycles. The number of nitrogens with one attached hydrogen (secondary N) is 3. The van der Waals surface area contributed by atoms with Crippen LogP contribution in [-0.4, -0.2) is 33.8 Å². The Morgan fingerprint density at radius 3 is 2.71 bits per heavy atom. The average molecular weight is 331 g/mol. The molecule has 0 saturated heterocycles. The van der Waals surface area contributed by atoms with Gasteiger partial charge >= 0.3 is 6.09 Å². The smallest absolute Gasteiger partial charge is 0.407 e. The monoisotopic (exact) mass is 331 g/mol. The fraction of sp³-hybridized carbons (Fsp3) is 0.375. The van der Waals surface area contributed by atoms with E-state index in [1.54, 1.807) is 19.1 Å². The summed E-state index contributed by atoms with van der Waals surface area (Å²) in [6, 6.07) is 3.26. The van der Waals surface area contributed by atoms with Crippen LogP contribution in [0.25, 0.3) is 0 Å². The van der Waals surface area contributed by atoms with Crippen molar-refractivity contribution in [2.45, 2.75) is 33.9 Å². The van der Waals surface area contributed by atoms with Gasteiger partial charge in [0.1, 0.15) is 0 Å². The molecule has 128 valence electrons. The van der Waals surface area contributed by atoms with E-state index in [-0.39, 0.29) is 12.5 Å². The molecule has 0 aliphatic heterocycles. The highest BCUT2D eigenvalue weighted by molar-refractivity contribution is 5.94. The van der Waals surface area contributed by atoms with Crippen molar-refractivity contribution in [3.05, 3.63) is 46.5 Å². The fourth-order valence-electron chi connectivity index (χ4n) is 2.17. The van der Waals surface area contributed by atoms with Gasteiger partial charge in [-0.25, -0.2) is 4.79 Å². The number of rotatable bonds is 6. The van der Waals surface area contributed by atoms with Crippen LogP contribution in [0.1, 0.15) is 39.9 Å². The number of pyridine rings is 1. The number of H-pyrrole nitrogens is 1. The van der Waals surface area contributed by atoms with E-state index in [0.29, 0.717) is 24.4 Å². The van der Waals surface area contributed by atoms with E-state index in [2.05, 4.69) is 25.8 Å². The molecule has 0 aromatic carbocycles. The van der Waals surface area contributed by atoms with Gasteiger partial charge in [0.25, 0.3) is 5.91 Å². The first-order valence-corrected chi connectivity index (χ1v) is 7.65. The largest absolute Gasteiger partial charge is 0.450 e. The second kappa shape index (κ2) is 8.09. The van der Waals surface area contributed by atoms with E-state index in [4.69, 9.17) is 4.74 Å². The zero-order chi connectivity index (χ0) is 17.5. The number of amides is 2. The molecule has 0 atom stereocenters. The highest BCUT2D eigenvalue weighted by atomic mass is 16.5. The van der Waals surface area contributed by atoms with Crippen molar-refractivity contribution < 1.29 is 14.3 Å². The number of hydrogen-bond acceptors (Lipinski definition) is 5. The van der Waals surface area contributed by atoms with E-state index < -0.39 is 6.09 Å². The standard InChI is InChI=1S/C16H21N5O3/c1-4-24-16(23)19-8-13-7-12(5-6-17-13)15(22)18-9-14-10(2)20-21-11(14)3/h5-7H,4,8-9H2,1-3H3,(H,18,22)(H,19,23)(H,20,21). The summed E-state index contributed by atoms with van der Waals surface area (Å²) in [6.07, 6.45) is 1.02. The first-order chi connectivity index (χ1) is 11.5. The summed E-state index contributed by atoms with van der Waals surface area (Å²) in [5.41, 5.74) is 3.82. The Hall–Kier alpha value is -2.90. The number of carbonyl (C=O) groups is 2. The molecule has 2 rings (SSSR count). The third-order valence-electron chi connectivity index (χ3n) is 3.47. The van der Waals surface area contributed by atoms with Crippen molar-refractivity contribution in [3.8, 4) is 0 Å². The molecule has 0 fully saturated rings. The maximum atomic E-state index is 12.3. The molecule has 2 amide bonds. The summed E-state index contributed by atoms with van der Waals surface area (Å²) in [7, 11) is 0. The Kier molecular flexibility index (Phi) is 5.89. The highest BCUT2D eigenvalue weighted by Gasteiger charge is 2.11. The summed E-state index contributed by atoms with van der Waals surface area (Å²) in [5, 5.41) is 12.4. The van der Waals surface area contributed by atoms with E-state index in [0.717, 1.165) is 17.0 Å². The van der Waals surface area contributed by atoms with Crippen LogP contribution in [0.2, 0.25) is 0 Å². The molecule has 0 spiro atoms. The lowest BCUT2D eigenvalue weighted by atomic mass is 10.1. The maximum Gasteiger partial charge on any atom is 0.407 e. The van der Waals surface area contributed by atoms with Gasteiger partial charge in [0.2, 0.25) is 0 Å². The Labute approximate surface area is 140 Å². The minimum Gasteiger partial charge on any atom is -0.450 e. The van der Waals surface area contributed by atoms with Gasteiger partial charge in [0.05, 0.1) is 24.5 Å². The van der Waals surface area contributed by atoms with Crippen molar-refractivity contribution in [3.63, 3.8) is 0 Å². The summed E-state index contributed by atoms with van der Waals surface area (Å²) >= 11 is 0. The quantitative estimate of drug-likeness (QED) is 0.745. The van der Waals surface area contributed by atoms with Crippen molar-refractivity contribution in [2.24, 2.45) is 0 Å². The number of alkyl carbamates (subject to hydrolysis) is 1. The predicted molar refractivity (Wildman–Crippen MR) is 87.3 cm³/mol. The van der Waals surface area contributed by atoms with Gasteiger partial charge in [-0.15, -0.1) is 0 Å². The van der Waals surface area contributed by atoms with E-state index in [1.165, 1.54) is 6.20 Å². The molecule has 0 radical (unpaired) electrons. The summed E-state index contributed by atoms with van der Waals surface area (Å²) in [4.78, 5) is 27.7. The first kappa shape index (κ1) is 17.5. The number of hydrogen-bond donors (Lipinski definition) is 3. The number of carbonyl (C=O) groups excluding carboxylic acids is 2. The molecular formula is C16H21N5O3. The minimum absolute atomic E-state index is 0.194. The van der Waals surface area contributed by atoms with Crippen LogP contribution in [0.3, 0.4) is 0 Å². The maximum absolute atomic E-state index is 12.3. The zero-order valence-corrected chi connectivity index (χ0v) is 14.0. The molecule has 3 N–H and O–H groups in total. The van der Waals surface area contributed by atoms with Crippen LogP contribution in [0.4, 0.5) is 4.79 Å². The number of aromatic amines is 1. The first-order valence-electron chi connectivity index (χ1n) is 7.65.